The standard InChI is InChI=1S/C12H10O2S/c13-7-12-6-10(9-15-12)8-14-11-4-2-1-3-5-11/h1-7,9H,8H2. The van der Waals surface area contributed by atoms with E-state index in [0.717, 1.165) is 22.5 Å². The molecule has 1 aromatic carbocycles. The van der Waals surface area contributed by atoms with E-state index in [9.17, 15) is 4.79 Å². The van der Waals surface area contributed by atoms with Crippen LogP contribution in [0, 0.1) is 0 Å². The van der Waals surface area contributed by atoms with E-state index in [1.807, 2.05) is 41.8 Å². The van der Waals surface area contributed by atoms with Crippen molar-refractivity contribution in [2.24, 2.45) is 0 Å². The number of rotatable bonds is 4. The Morgan fingerprint density at radius 3 is 2.73 bits per heavy atom. The lowest BCUT2D eigenvalue weighted by atomic mass is 10.3. The highest BCUT2D eigenvalue weighted by Gasteiger charge is 1.99. The fraction of sp³-hybridized carbons (Fsp3) is 0.0833. The number of aldehydes is 1. The summed E-state index contributed by atoms with van der Waals surface area (Å²) in [5.74, 6) is 0.844. The molecule has 0 N–H and O–H groups in total. The SMILES string of the molecule is O=Cc1cc(COc2ccccc2)cs1. The molecule has 3 heteroatoms. The molecule has 0 spiro atoms. The second kappa shape index (κ2) is 4.75. The van der Waals surface area contributed by atoms with Crippen molar-refractivity contribution >= 4 is 17.6 Å². The normalized spacial score (nSPS) is 9.87. The van der Waals surface area contributed by atoms with E-state index in [2.05, 4.69) is 0 Å². The first-order valence-electron chi connectivity index (χ1n) is 4.59. The quantitative estimate of drug-likeness (QED) is 0.737. The van der Waals surface area contributed by atoms with Gasteiger partial charge in [0.15, 0.2) is 6.29 Å². The van der Waals surface area contributed by atoms with Gasteiger partial charge in [-0.2, -0.15) is 0 Å². The van der Waals surface area contributed by atoms with Crippen LogP contribution < -0.4 is 4.74 Å². The molecule has 0 saturated heterocycles. The molecule has 0 fully saturated rings. The summed E-state index contributed by atoms with van der Waals surface area (Å²) in [6.45, 7) is 0.508. The number of carbonyl (C=O) groups excluding carboxylic acids is 1. The maximum Gasteiger partial charge on any atom is 0.160 e. The Balaban J connectivity index is 1.96. The summed E-state index contributed by atoms with van der Waals surface area (Å²) in [6.07, 6.45) is 0.858. The lowest BCUT2D eigenvalue weighted by molar-refractivity contribution is 0.112. The minimum Gasteiger partial charge on any atom is -0.489 e. The van der Waals surface area contributed by atoms with Crippen molar-refractivity contribution in [3.05, 3.63) is 52.2 Å². The number of thiophene rings is 1. The molecule has 15 heavy (non-hydrogen) atoms. The highest BCUT2D eigenvalue weighted by Crippen LogP contribution is 2.16. The zero-order chi connectivity index (χ0) is 10.5. The van der Waals surface area contributed by atoms with Crippen molar-refractivity contribution in [1.29, 1.82) is 0 Å². The Morgan fingerprint density at radius 2 is 2.07 bits per heavy atom. The minimum atomic E-state index is 0.508. The van der Waals surface area contributed by atoms with E-state index >= 15 is 0 Å². The van der Waals surface area contributed by atoms with Crippen LogP contribution >= 0.6 is 11.3 Å². The molecule has 0 radical (unpaired) electrons. The van der Waals surface area contributed by atoms with Crippen molar-refractivity contribution in [2.75, 3.05) is 0 Å². The fourth-order valence-corrected chi connectivity index (χ4v) is 1.91. The van der Waals surface area contributed by atoms with E-state index in [1.54, 1.807) is 0 Å². The van der Waals surface area contributed by atoms with Crippen LogP contribution in [0.2, 0.25) is 0 Å². The maximum absolute atomic E-state index is 10.5. The van der Waals surface area contributed by atoms with Crippen molar-refractivity contribution in [3.8, 4) is 5.75 Å². The van der Waals surface area contributed by atoms with Gasteiger partial charge in [-0.15, -0.1) is 11.3 Å². The molecule has 0 saturated carbocycles. The highest BCUT2D eigenvalue weighted by molar-refractivity contribution is 7.11. The molecule has 0 amide bonds. The summed E-state index contributed by atoms with van der Waals surface area (Å²) < 4.78 is 5.54. The van der Waals surface area contributed by atoms with Gasteiger partial charge in [-0.05, 0) is 23.6 Å². The van der Waals surface area contributed by atoms with Gasteiger partial charge in [0.05, 0.1) is 4.88 Å². The molecule has 0 bridgehead atoms. The zero-order valence-corrected chi connectivity index (χ0v) is 8.87. The van der Waals surface area contributed by atoms with Gasteiger partial charge in [0, 0.05) is 5.56 Å². The predicted octanol–water partition coefficient (Wildman–Crippen LogP) is 3.14. The molecule has 0 aliphatic heterocycles. The first kappa shape index (κ1) is 9.93. The van der Waals surface area contributed by atoms with Crippen LogP contribution in [0.25, 0.3) is 0 Å². The number of para-hydroxylation sites is 1. The summed E-state index contributed by atoms with van der Waals surface area (Å²) in [5.41, 5.74) is 1.03. The molecule has 1 heterocycles. The largest absolute Gasteiger partial charge is 0.489 e. The lowest BCUT2D eigenvalue weighted by Gasteiger charge is -2.03. The van der Waals surface area contributed by atoms with E-state index in [1.165, 1.54) is 11.3 Å². The third-order valence-corrected chi connectivity index (χ3v) is 2.85. The summed E-state index contributed by atoms with van der Waals surface area (Å²) in [6, 6.07) is 11.5. The number of ether oxygens (including phenoxy) is 1. The van der Waals surface area contributed by atoms with Crippen molar-refractivity contribution < 1.29 is 9.53 Å². The van der Waals surface area contributed by atoms with E-state index < -0.39 is 0 Å². The molecule has 0 unspecified atom stereocenters. The molecule has 1 aromatic heterocycles. The van der Waals surface area contributed by atoms with Gasteiger partial charge in [-0.25, -0.2) is 0 Å². The summed E-state index contributed by atoms with van der Waals surface area (Å²) in [4.78, 5) is 11.2. The van der Waals surface area contributed by atoms with Gasteiger partial charge in [-0.3, -0.25) is 4.79 Å². The number of hydrogen-bond donors (Lipinski definition) is 0. The summed E-state index contributed by atoms with van der Waals surface area (Å²) in [5, 5.41) is 1.94. The third-order valence-electron chi connectivity index (χ3n) is 1.94. The fourth-order valence-electron chi connectivity index (χ4n) is 1.22. The van der Waals surface area contributed by atoms with Gasteiger partial charge >= 0.3 is 0 Å². The second-order valence-electron chi connectivity index (χ2n) is 3.08. The third kappa shape index (κ3) is 2.67. The van der Waals surface area contributed by atoms with Crippen LogP contribution in [0.5, 0.6) is 5.75 Å². The highest BCUT2D eigenvalue weighted by atomic mass is 32.1. The van der Waals surface area contributed by atoms with E-state index in [-0.39, 0.29) is 0 Å². The Hall–Kier alpha value is -1.61. The summed E-state index contributed by atoms with van der Waals surface area (Å²) >= 11 is 1.44. The Kier molecular flexibility index (Phi) is 3.15. The smallest absolute Gasteiger partial charge is 0.160 e. The van der Waals surface area contributed by atoms with Gasteiger partial charge in [0.1, 0.15) is 12.4 Å². The zero-order valence-electron chi connectivity index (χ0n) is 8.05. The average Bonchev–Trinajstić information content (AvgIpc) is 2.76. The monoisotopic (exact) mass is 218 g/mol. The molecule has 2 aromatic rings. The van der Waals surface area contributed by atoms with Crippen LogP contribution in [-0.4, -0.2) is 6.29 Å². The van der Waals surface area contributed by atoms with Crippen molar-refractivity contribution in [2.45, 2.75) is 6.61 Å². The Labute approximate surface area is 92.1 Å². The first-order chi connectivity index (χ1) is 7.38. The second-order valence-corrected chi connectivity index (χ2v) is 4.02. The number of carbonyl (C=O) groups is 1. The average molecular weight is 218 g/mol. The minimum absolute atomic E-state index is 0.508. The molecule has 0 aliphatic carbocycles. The lowest BCUT2D eigenvalue weighted by Crippen LogP contribution is -1.92. The molecule has 2 nitrogen and oxygen atoms in total. The van der Waals surface area contributed by atoms with Gasteiger partial charge in [-0.1, -0.05) is 18.2 Å². The van der Waals surface area contributed by atoms with Crippen LogP contribution in [0.1, 0.15) is 15.2 Å². The molecule has 0 atom stereocenters. The molecular weight excluding hydrogens is 208 g/mol. The predicted molar refractivity (Wildman–Crippen MR) is 60.5 cm³/mol. The number of hydrogen-bond acceptors (Lipinski definition) is 3. The van der Waals surface area contributed by atoms with Crippen LogP contribution in [0.4, 0.5) is 0 Å². The molecule has 76 valence electrons. The summed E-state index contributed by atoms with van der Waals surface area (Å²) in [7, 11) is 0. The van der Waals surface area contributed by atoms with Crippen molar-refractivity contribution in [3.63, 3.8) is 0 Å². The first-order valence-corrected chi connectivity index (χ1v) is 5.47. The molecular formula is C12H10O2S. The molecule has 2 rings (SSSR count). The van der Waals surface area contributed by atoms with E-state index in [0.29, 0.717) is 6.61 Å². The van der Waals surface area contributed by atoms with Crippen molar-refractivity contribution in [1.82, 2.24) is 0 Å². The Bertz CT molecular complexity index is 434. The van der Waals surface area contributed by atoms with Crippen LogP contribution in [0.3, 0.4) is 0 Å². The Morgan fingerprint density at radius 1 is 1.27 bits per heavy atom. The van der Waals surface area contributed by atoms with Crippen LogP contribution in [0.15, 0.2) is 41.8 Å². The topological polar surface area (TPSA) is 26.3 Å². The number of benzene rings is 1. The van der Waals surface area contributed by atoms with Gasteiger partial charge < -0.3 is 4.74 Å². The molecule has 0 aliphatic rings. The van der Waals surface area contributed by atoms with Gasteiger partial charge in [0.25, 0.3) is 0 Å². The maximum atomic E-state index is 10.5. The van der Waals surface area contributed by atoms with Gasteiger partial charge in [0.2, 0.25) is 0 Å². The van der Waals surface area contributed by atoms with Crippen LogP contribution in [-0.2, 0) is 6.61 Å². The van der Waals surface area contributed by atoms with E-state index in [4.69, 9.17) is 4.74 Å².